The van der Waals surface area contributed by atoms with E-state index in [0.29, 0.717) is 28.9 Å². The zero-order valence-electron chi connectivity index (χ0n) is 12.7. The van der Waals surface area contributed by atoms with Crippen molar-refractivity contribution < 1.29 is 9.45 Å². The number of nitro benzene ring substituents is 1. The predicted octanol–water partition coefficient (Wildman–Crippen LogP) is 3.19. The number of benzene rings is 1. The van der Waals surface area contributed by atoms with Crippen LogP contribution in [-0.2, 0) is 0 Å². The maximum absolute atomic E-state index is 11.4. The van der Waals surface area contributed by atoms with E-state index in [-0.39, 0.29) is 10.6 Å². The molecule has 1 saturated heterocycles. The smallest absolute Gasteiger partial charge is 0.293 e. The van der Waals surface area contributed by atoms with Crippen molar-refractivity contribution in [2.75, 3.05) is 18.0 Å². The molecule has 3 rings (SSSR count). The molecule has 1 aliphatic rings. The maximum atomic E-state index is 11.4. The first-order valence-electron chi connectivity index (χ1n) is 7.38. The van der Waals surface area contributed by atoms with E-state index in [1.807, 2.05) is 0 Å². The number of nitrogens with zero attached hydrogens (tertiary/aromatic N) is 4. The van der Waals surface area contributed by atoms with E-state index in [9.17, 15) is 10.1 Å². The average molecular weight is 302 g/mol. The molecule has 0 radical (unpaired) electrons. The lowest BCUT2D eigenvalue weighted by Crippen LogP contribution is -2.33. The van der Waals surface area contributed by atoms with Gasteiger partial charge in [-0.25, -0.2) is 0 Å². The fraction of sp³-hybridized carbons (Fsp3) is 0.467. The lowest BCUT2D eigenvalue weighted by molar-refractivity contribution is -0.384. The number of anilines is 1. The Bertz CT molecular complexity index is 690. The van der Waals surface area contributed by atoms with Gasteiger partial charge in [0, 0.05) is 24.7 Å². The van der Waals surface area contributed by atoms with Gasteiger partial charge in [-0.05, 0) is 37.8 Å². The summed E-state index contributed by atoms with van der Waals surface area (Å²) in [5, 5.41) is 15.2. The molecule has 0 saturated carbocycles. The lowest BCUT2D eigenvalue weighted by Gasteiger charge is -2.31. The summed E-state index contributed by atoms with van der Waals surface area (Å²) in [6, 6.07) is 5.09. The number of piperidine rings is 1. The van der Waals surface area contributed by atoms with Crippen LogP contribution in [0.15, 0.2) is 22.7 Å². The Balaban J connectivity index is 1.95. The van der Waals surface area contributed by atoms with Gasteiger partial charge in [0.05, 0.1) is 4.92 Å². The highest BCUT2D eigenvalue weighted by atomic mass is 16.6. The Morgan fingerprint density at radius 1 is 1.36 bits per heavy atom. The van der Waals surface area contributed by atoms with E-state index in [0.717, 1.165) is 25.9 Å². The Labute approximate surface area is 128 Å². The zero-order chi connectivity index (χ0) is 15.7. The molecule has 2 aromatic rings. The Kier molecular flexibility index (Phi) is 3.79. The van der Waals surface area contributed by atoms with Crippen molar-refractivity contribution in [3.8, 4) is 11.5 Å². The van der Waals surface area contributed by atoms with Crippen molar-refractivity contribution in [3.05, 3.63) is 34.1 Å². The van der Waals surface area contributed by atoms with Crippen molar-refractivity contribution in [1.29, 1.82) is 0 Å². The van der Waals surface area contributed by atoms with E-state index in [1.165, 1.54) is 6.07 Å². The first-order chi connectivity index (χ1) is 10.5. The lowest BCUT2D eigenvalue weighted by atomic mass is 9.98. The van der Waals surface area contributed by atoms with Gasteiger partial charge in [-0.15, -0.1) is 0 Å². The second-order valence-corrected chi connectivity index (χ2v) is 5.78. The second-order valence-electron chi connectivity index (χ2n) is 5.78. The van der Waals surface area contributed by atoms with Gasteiger partial charge >= 0.3 is 0 Å². The fourth-order valence-corrected chi connectivity index (χ4v) is 2.73. The minimum atomic E-state index is -0.347. The molecule has 0 amide bonds. The summed E-state index contributed by atoms with van der Waals surface area (Å²) < 4.78 is 5.09. The van der Waals surface area contributed by atoms with E-state index in [4.69, 9.17) is 4.52 Å². The molecule has 1 fully saturated rings. The maximum Gasteiger partial charge on any atom is 0.293 e. The van der Waals surface area contributed by atoms with Gasteiger partial charge in [-0.3, -0.25) is 10.1 Å². The third-order valence-corrected chi connectivity index (χ3v) is 4.07. The molecule has 7 nitrogen and oxygen atoms in total. The predicted molar refractivity (Wildman–Crippen MR) is 81.7 cm³/mol. The van der Waals surface area contributed by atoms with Crippen LogP contribution in [0.4, 0.5) is 11.4 Å². The summed E-state index contributed by atoms with van der Waals surface area (Å²) in [6.07, 6.45) is 2.11. The molecule has 2 heterocycles. The summed E-state index contributed by atoms with van der Waals surface area (Å²) in [5.41, 5.74) is 1.32. The average Bonchev–Trinajstić information content (AvgIpc) is 2.94. The van der Waals surface area contributed by atoms with Gasteiger partial charge in [0.15, 0.2) is 5.82 Å². The van der Waals surface area contributed by atoms with Crippen LogP contribution in [0.25, 0.3) is 11.5 Å². The topological polar surface area (TPSA) is 85.3 Å². The van der Waals surface area contributed by atoms with Crippen molar-refractivity contribution in [1.82, 2.24) is 10.1 Å². The molecule has 0 bridgehead atoms. The highest BCUT2D eigenvalue weighted by molar-refractivity contribution is 5.71. The van der Waals surface area contributed by atoms with E-state index in [1.54, 1.807) is 19.1 Å². The normalized spacial score (nSPS) is 16.0. The van der Waals surface area contributed by atoms with Gasteiger partial charge in [-0.1, -0.05) is 12.1 Å². The minimum absolute atomic E-state index is 0.0860. The highest BCUT2D eigenvalue weighted by Crippen LogP contribution is 2.34. The molecule has 116 valence electrons. The van der Waals surface area contributed by atoms with Crippen LogP contribution in [0.3, 0.4) is 0 Å². The van der Waals surface area contributed by atoms with Crippen molar-refractivity contribution in [3.63, 3.8) is 0 Å². The van der Waals surface area contributed by atoms with Crippen LogP contribution in [0.2, 0.25) is 0 Å². The number of hydrogen-bond donors (Lipinski definition) is 0. The molecule has 0 atom stereocenters. The molecular formula is C15H18N4O3. The highest BCUT2D eigenvalue weighted by Gasteiger charge is 2.24. The van der Waals surface area contributed by atoms with Gasteiger partial charge in [0.25, 0.3) is 11.6 Å². The molecular weight excluding hydrogens is 284 g/mol. The minimum Gasteiger partial charge on any atom is -0.366 e. The molecule has 7 heteroatoms. The van der Waals surface area contributed by atoms with Crippen molar-refractivity contribution in [2.45, 2.75) is 26.7 Å². The summed E-state index contributed by atoms with van der Waals surface area (Å²) in [4.78, 5) is 17.3. The van der Waals surface area contributed by atoms with Gasteiger partial charge < -0.3 is 9.42 Å². The molecule has 1 aromatic heterocycles. The van der Waals surface area contributed by atoms with Crippen LogP contribution in [0.5, 0.6) is 0 Å². The molecule has 22 heavy (non-hydrogen) atoms. The summed E-state index contributed by atoms with van der Waals surface area (Å²) in [5.74, 6) is 1.49. The fourth-order valence-electron chi connectivity index (χ4n) is 2.73. The Morgan fingerprint density at radius 2 is 2.09 bits per heavy atom. The molecule has 1 aromatic carbocycles. The van der Waals surface area contributed by atoms with Crippen LogP contribution < -0.4 is 4.90 Å². The second kappa shape index (κ2) is 5.75. The van der Waals surface area contributed by atoms with Crippen LogP contribution >= 0.6 is 0 Å². The molecule has 0 N–H and O–H groups in total. The summed E-state index contributed by atoms with van der Waals surface area (Å²) in [7, 11) is 0. The van der Waals surface area contributed by atoms with E-state index in [2.05, 4.69) is 22.0 Å². The third-order valence-electron chi connectivity index (χ3n) is 4.07. The van der Waals surface area contributed by atoms with E-state index >= 15 is 0 Å². The largest absolute Gasteiger partial charge is 0.366 e. The summed E-state index contributed by atoms with van der Waals surface area (Å²) in [6.45, 7) is 5.62. The monoisotopic (exact) mass is 302 g/mol. The van der Waals surface area contributed by atoms with Crippen LogP contribution in [0, 0.1) is 23.0 Å². The molecule has 0 aliphatic carbocycles. The van der Waals surface area contributed by atoms with E-state index < -0.39 is 0 Å². The summed E-state index contributed by atoms with van der Waals surface area (Å²) >= 11 is 0. The molecule has 0 unspecified atom stereocenters. The van der Waals surface area contributed by atoms with Crippen LogP contribution in [0.1, 0.15) is 25.6 Å². The van der Waals surface area contributed by atoms with Crippen molar-refractivity contribution in [2.24, 2.45) is 5.92 Å². The first kappa shape index (κ1) is 14.5. The number of rotatable bonds is 3. The van der Waals surface area contributed by atoms with Crippen molar-refractivity contribution >= 4 is 11.4 Å². The third kappa shape index (κ3) is 2.79. The quantitative estimate of drug-likeness (QED) is 0.639. The van der Waals surface area contributed by atoms with Gasteiger partial charge in [-0.2, -0.15) is 4.98 Å². The first-order valence-corrected chi connectivity index (χ1v) is 7.38. The van der Waals surface area contributed by atoms with Gasteiger partial charge in [0.2, 0.25) is 0 Å². The number of hydrogen-bond acceptors (Lipinski definition) is 6. The Hall–Kier alpha value is -2.44. The zero-order valence-corrected chi connectivity index (χ0v) is 12.7. The SMILES string of the molecule is Cc1noc(-c2ccc(N3CCC(C)CC3)c([N+](=O)[O-])c2)n1. The molecule has 0 spiro atoms. The Morgan fingerprint density at radius 3 is 2.68 bits per heavy atom. The molecule has 1 aliphatic heterocycles. The number of nitro groups is 1. The van der Waals surface area contributed by atoms with Crippen LogP contribution in [-0.4, -0.2) is 28.2 Å². The standard InChI is InChI=1S/C15H18N4O3/c1-10-5-7-18(8-6-10)13-4-3-12(9-14(13)19(20)21)15-16-11(2)17-22-15/h3-4,9-10H,5-8H2,1-2H3. The van der Waals surface area contributed by atoms with Gasteiger partial charge in [0.1, 0.15) is 5.69 Å². The number of aryl methyl sites for hydroxylation is 1. The number of aromatic nitrogens is 2.